The molecule has 0 aliphatic carbocycles. The van der Waals surface area contributed by atoms with E-state index >= 15 is 0 Å². The molecule has 2 aromatic carbocycles. The number of rotatable bonds is 7. The summed E-state index contributed by atoms with van der Waals surface area (Å²) < 4.78 is 39.3. The molecule has 0 saturated heterocycles. The van der Waals surface area contributed by atoms with Crippen LogP contribution in [0.5, 0.6) is 0 Å². The number of amides is 2. The molecule has 0 bridgehead atoms. The number of nitrogens with zero attached hydrogens (tertiary/aromatic N) is 1. The average molecular weight is 393 g/mol. The lowest BCUT2D eigenvalue weighted by Gasteiger charge is -2.19. The molecule has 27 heavy (non-hydrogen) atoms. The van der Waals surface area contributed by atoms with Crippen molar-refractivity contribution < 1.29 is 17.6 Å². The van der Waals surface area contributed by atoms with Crippen molar-refractivity contribution in [1.82, 2.24) is 9.62 Å². The van der Waals surface area contributed by atoms with E-state index in [9.17, 15) is 17.6 Å². The molecule has 0 spiro atoms. The van der Waals surface area contributed by atoms with Gasteiger partial charge in [0.05, 0.1) is 10.9 Å². The zero-order valence-electron chi connectivity index (χ0n) is 15.6. The molecule has 6 nitrogen and oxygen atoms in total. The quantitative estimate of drug-likeness (QED) is 0.752. The van der Waals surface area contributed by atoms with Crippen molar-refractivity contribution in [1.29, 1.82) is 0 Å². The fourth-order valence-corrected chi connectivity index (χ4v) is 4.08. The Morgan fingerprint density at radius 3 is 2.11 bits per heavy atom. The van der Waals surface area contributed by atoms with Crippen molar-refractivity contribution in [3.63, 3.8) is 0 Å². The van der Waals surface area contributed by atoms with Crippen LogP contribution in [0.25, 0.3) is 0 Å². The van der Waals surface area contributed by atoms with Gasteiger partial charge in [-0.25, -0.2) is 17.6 Å². The van der Waals surface area contributed by atoms with Crippen LogP contribution in [0, 0.1) is 5.82 Å². The molecule has 2 rings (SSSR count). The van der Waals surface area contributed by atoms with Gasteiger partial charge < -0.3 is 10.6 Å². The first kappa shape index (κ1) is 20.9. The fraction of sp³-hybridized carbons (Fsp3) is 0.316. The highest BCUT2D eigenvalue weighted by atomic mass is 32.2. The van der Waals surface area contributed by atoms with Gasteiger partial charge in [0.15, 0.2) is 0 Å². The Bertz CT molecular complexity index is 864. The predicted octanol–water partition coefficient (Wildman–Crippen LogP) is 3.74. The Hall–Kier alpha value is -2.45. The lowest BCUT2D eigenvalue weighted by molar-refractivity contribution is 0.249. The van der Waals surface area contributed by atoms with Gasteiger partial charge in [-0.15, -0.1) is 0 Å². The van der Waals surface area contributed by atoms with Crippen LogP contribution in [0.15, 0.2) is 53.4 Å². The Kier molecular flexibility index (Phi) is 6.92. The predicted molar refractivity (Wildman–Crippen MR) is 104 cm³/mol. The zero-order chi connectivity index (χ0) is 20.0. The molecular formula is C19H24FN3O3S. The number of hydrogen-bond acceptors (Lipinski definition) is 3. The van der Waals surface area contributed by atoms with E-state index < -0.39 is 16.1 Å². The molecule has 0 fully saturated rings. The summed E-state index contributed by atoms with van der Waals surface area (Å²) in [4.78, 5) is 12.3. The third kappa shape index (κ3) is 5.27. The van der Waals surface area contributed by atoms with E-state index in [1.54, 1.807) is 45.0 Å². The first-order valence-corrected chi connectivity index (χ1v) is 10.1. The molecule has 1 atom stereocenters. The van der Waals surface area contributed by atoms with Gasteiger partial charge in [-0.2, -0.15) is 4.31 Å². The Morgan fingerprint density at radius 1 is 1.04 bits per heavy atom. The molecular weight excluding hydrogens is 369 g/mol. The zero-order valence-corrected chi connectivity index (χ0v) is 16.4. The van der Waals surface area contributed by atoms with Gasteiger partial charge in [0.2, 0.25) is 10.0 Å². The summed E-state index contributed by atoms with van der Waals surface area (Å²) in [6.45, 7) is 6.19. The summed E-state index contributed by atoms with van der Waals surface area (Å²) in [5.74, 6) is -0.380. The monoisotopic (exact) mass is 393 g/mol. The first-order chi connectivity index (χ1) is 12.8. The summed E-state index contributed by atoms with van der Waals surface area (Å²) in [7, 11) is -3.51. The maximum atomic E-state index is 12.9. The molecule has 0 saturated carbocycles. The van der Waals surface area contributed by atoms with E-state index in [0.29, 0.717) is 18.8 Å². The number of sulfonamides is 1. The van der Waals surface area contributed by atoms with Gasteiger partial charge in [-0.3, -0.25) is 0 Å². The minimum Gasteiger partial charge on any atom is -0.331 e. The Morgan fingerprint density at radius 2 is 1.59 bits per heavy atom. The third-order valence-electron chi connectivity index (χ3n) is 4.17. The molecule has 146 valence electrons. The molecule has 0 aliphatic rings. The number of anilines is 1. The highest BCUT2D eigenvalue weighted by Crippen LogP contribution is 2.19. The highest BCUT2D eigenvalue weighted by Gasteiger charge is 2.21. The third-order valence-corrected chi connectivity index (χ3v) is 6.24. The maximum Gasteiger partial charge on any atom is 0.319 e. The lowest BCUT2D eigenvalue weighted by Crippen LogP contribution is -2.31. The van der Waals surface area contributed by atoms with E-state index in [4.69, 9.17) is 0 Å². The molecule has 0 aliphatic heterocycles. The summed E-state index contributed by atoms with van der Waals surface area (Å²) in [5, 5.41) is 5.38. The van der Waals surface area contributed by atoms with Crippen LogP contribution in [-0.4, -0.2) is 31.8 Å². The van der Waals surface area contributed by atoms with Gasteiger partial charge in [0.25, 0.3) is 0 Å². The van der Waals surface area contributed by atoms with Crippen molar-refractivity contribution in [3.8, 4) is 0 Å². The molecule has 2 N–H and O–H groups in total. The number of halogens is 1. The van der Waals surface area contributed by atoms with Gasteiger partial charge in [-0.1, -0.05) is 26.0 Å². The van der Waals surface area contributed by atoms with Gasteiger partial charge in [-0.05, 0) is 48.9 Å². The van der Waals surface area contributed by atoms with Crippen LogP contribution >= 0.6 is 0 Å². The van der Waals surface area contributed by atoms with Crippen molar-refractivity contribution in [2.45, 2.75) is 31.7 Å². The number of urea groups is 1. The number of benzene rings is 2. The molecule has 0 radical (unpaired) electrons. The molecule has 0 unspecified atom stereocenters. The van der Waals surface area contributed by atoms with Crippen LogP contribution in [-0.2, 0) is 10.0 Å². The van der Waals surface area contributed by atoms with Crippen molar-refractivity contribution in [2.24, 2.45) is 0 Å². The normalized spacial score (nSPS) is 12.6. The summed E-state index contributed by atoms with van der Waals surface area (Å²) >= 11 is 0. The minimum absolute atomic E-state index is 0.220. The second-order valence-electron chi connectivity index (χ2n) is 5.99. The SMILES string of the molecule is CCN(CC)S(=O)(=O)c1ccc([C@H](C)NC(=O)Nc2ccc(F)cc2)cc1. The second kappa shape index (κ2) is 8.96. The van der Waals surface area contributed by atoms with Crippen molar-refractivity contribution in [2.75, 3.05) is 18.4 Å². The molecule has 2 aromatic rings. The Balaban J connectivity index is 2.03. The van der Waals surface area contributed by atoms with E-state index in [1.807, 2.05) is 0 Å². The van der Waals surface area contributed by atoms with Gasteiger partial charge in [0, 0.05) is 18.8 Å². The van der Waals surface area contributed by atoms with Crippen LogP contribution < -0.4 is 10.6 Å². The second-order valence-corrected chi connectivity index (χ2v) is 7.92. The van der Waals surface area contributed by atoms with Crippen LogP contribution in [0.4, 0.5) is 14.9 Å². The number of carbonyl (C=O) groups excluding carboxylic acids is 1. The van der Waals surface area contributed by atoms with Crippen LogP contribution in [0.1, 0.15) is 32.4 Å². The first-order valence-electron chi connectivity index (χ1n) is 8.71. The van der Waals surface area contributed by atoms with E-state index in [0.717, 1.165) is 5.56 Å². The topological polar surface area (TPSA) is 78.5 Å². The summed E-state index contributed by atoms with van der Waals surface area (Å²) in [6, 6.07) is 11.1. The Labute approximate surface area is 159 Å². The minimum atomic E-state index is -3.51. The number of nitrogens with one attached hydrogen (secondary N) is 2. The summed E-state index contributed by atoms with van der Waals surface area (Å²) in [5.41, 5.74) is 1.24. The summed E-state index contributed by atoms with van der Waals surface area (Å²) in [6.07, 6.45) is 0. The maximum absolute atomic E-state index is 12.9. The highest BCUT2D eigenvalue weighted by molar-refractivity contribution is 7.89. The molecule has 8 heteroatoms. The molecule has 0 heterocycles. The van der Waals surface area contributed by atoms with E-state index in [2.05, 4.69) is 10.6 Å². The standard InChI is InChI=1S/C19H24FN3O3S/c1-4-23(5-2)27(25,26)18-12-6-15(7-13-18)14(3)21-19(24)22-17-10-8-16(20)9-11-17/h6-14H,4-5H2,1-3H3,(H2,21,22,24)/t14-/m0/s1. The molecule has 2 amide bonds. The van der Waals surface area contributed by atoms with Crippen LogP contribution in [0.2, 0.25) is 0 Å². The number of hydrogen-bond donors (Lipinski definition) is 2. The smallest absolute Gasteiger partial charge is 0.319 e. The van der Waals surface area contributed by atoms with E-state index in [1.165, 1.54) is 28.6 Å². The lowest BCUT2D eigenvalue weighted by atomic mass is 10.1. The largest absolute Gasteiger partial charge is 0.331 e. The van der Waals surface area contributed by atoms with Crippen molar-refractivity contribution >= 4 is 21.7 Å². The fourth-order valence-electron chi connectivity index (χ4n) is 2.62. The van der Waals surface area contributed by atoms with Crippen molar-refractivity contribution in [3.05, 3.63) is 59.9 Å². The average Bonchev–Trinajstić information content (AvgIpc) is 2.64. The van der Waals surface area contributed by atoms with Crippen LogP contribution in [0.3, 0.4) is 0 Å². The van der Waals surface area contributed by atoms with E-state index in [-0.39, 0.29) is 16.8 Å². The number of carbonyl (C=O) groups is 1. The van der Waals surface area contributed by atoms with Gasteiger partial charge in [0.1, 0.15) is 5.82 Å². The molecule has 0 aromatic heterocycles. The van der Waals surface area contributed by atoms with Gasteiger partial charge >= 0.3 is 6.03 Å².